The van der Waals surface area contributed by atoms with E-state index in [2.05, 4.69) is 20.3 Å². The number of aromatic nitrogens is 4. The number of ether oxygens (including phenoxy) is 1. The normalized spacial score (nSPS) is 24.7. The fourth-order valence-electron chi connectivity index (χ4n) is 3.11. The number of aromatic hydroxyl groups is 1. The molecular formula is C17H18ClN5O5. The van der Waals surface area contributed by atoms with Gasteiger partial charge in [0.1, 0.15) is 24.1 Å². The van der Waals surface area contributed by atoms with Gasteiger partial charge in [0, 0.05) is 6.54 Å². The fraction of sp³-hybridized carbons (Fsp3) is 0.353. The van der Waals surface area contributed by atoms with Gasteiger partial charge in [-0.05, 0) is 29.3 Å². The number of imidazole rings is 1. The van der Waals surface area contributed by atoms with Crippen LogP contribution in [0, 0.1) is 0 Å². The van der Waals surface area contributed by atoms with Gasteiger partial charge in [-0.3, -0.25) is 4.57 Å². The Labute approximate surface area is 164 Å². The second-order valence-corrected chi connectivity index (χ2v) is 6.75. The Balaban J connectivity index is 1.64. The van der Waals surface area contributed by atoms with E-state index in [1.807, 2.05) is 0 Å². The Morgan fingerprint density at radius 1 is 1.14 bits per heavy atom. The van der Waals surface area contributed by atoms with Gasteiger partial charge in [-0.15, -0.1) is 0 Å². The van der Waals surface area contributed by atoms with Crippen molar-refractivity contribution in [2.75, 3.05) is 11.9 Å². The maximum Gasteiger partial charge on any atom is 0.226 e. The van der Waals surface area contributed by atoms with Gasteiger partial charge in [-0.2, -0.15) is 9.97 Å². The standard InChI is InChI=1S/C17H18ClN5O5/c18-17-21-14(19-5-8-1-3-9(25)4-2-8)11-15(22-17)23(7-20-11)16-13(27)12(26)10(6-24)28-16/h1-4,7,10,12-13,16,24-27H,5-6H2,(H,19,21,22)/t10-,12-,13-,16-/m1/s1. The number of aliphatic hydroxyl groups excluding tert-OH is 3. The minimum Gasteiger partial charge on any atom is -0.508 e. The van der Waals surface area contributed by atoms with Crippen molar-refractivity contribution >= 4 is 28.6 Å². The number of fused-ring (bicyclic) bond motifs is 1. The van der Waals surface area contributed by atoms with Crippen LogP contribution in [-0.2, 0) is 11.3 Å². The summed E-state index contributed by atoms with van der Waals surface area (Å²) in [4.78, 5) is 12.6. The van der Waals surface area contributed by atoms with E-state index in [9.17, 15) is 20.4 Å². The molecule has 1 aromatic carbocycles. The van der Waals surface area contributed by atoms with Crippen molar-refractivity contribution in [3.8, 4) is 5.75 Å². The molecule has 4 atom stereocenters. The molecule has 2 aromatic heterocycles. The van der Waals surface area contributed by atoms with Gasteiger partial charge < -0.3 is 30.5 Å². The first-order valence-corrected chi connectivity index (χ1v) is 8.90. The molecule has 148 valence electrons. The summed E-state index contributed by atoms with van der Waals surface area (Å²) in [7, 11) is 0. The zero-order chi connectivity index (χ0) is 19.8. The summed E-state index contributed by atoms with van der Waals surface area (Å²) >= 11 is 6.05. The summed E-state index contributed by atoms with van der Waals surface area (Å²) in [5.74, 6) is 0.557. The van der Waals surface area contributed by atoms with Crippen molar-refractivity contribution in [3.05, 3.63) is 41.4 Å². The Hall–Kier alpha value is -2.50. The number of nitrogens with zero attached hydrogens (tertiary/aromatic N) is 4. The van der Waals surface area contributed by atoms with Crippen LogP contribution < -0.4 is 5.32 Å². The van der Waals surface area contributed by atoms with Crippen LogP contribution in [0.1, 0.15) is 11.8 Å². The van der Waals surface area contributed by atoms with E-state index in [0.717, 1.165) is 5.56 Å². The lowest BCUT2D eigenvalue weighted by atomic mass is 10.1. The minimum atomic E-state index is -1.27. The third-order valence-corrected chi connectivity index (χ3v) is 4.75. The van der Waals surface area contributed by atoms with Crippen LogP contribution in [0.25, 0.3) is 11.2 Å². The van der Waals surface area contributed by atoms with Crippen molar-refractivity contribution < 1.29 is 25.2 Å². The molecule has 0 saturated carbocycles. The third-order valence-electron chi connectivity index (χ3n) is 4.58. The second kappa shape index (κ2) is 7.49. The Morgan fingerprint density at radius 2 is 1.89 bits per heavy atom. The maximum atomic E-state index is 10.3. The number of halogens is 1. The Morgan fingerprint density at radius 3 is 2.57 bits per heavy atom. The average Bonchev–Trinajstić information content (AvgIpc) is 3.22. The number of hydrogen-bond acceptors (Lipinski definition) is 9. The zero-order valence-corrected chi connectivity index (χ0v) is 15.2. The maximum absolute atomic E-state index is 10.3. The van der Waals surface area contributed by atoms with Crippen LogP contribution >= 0.6 is 11.6 Å². The van der Waals surface area contributed by atoms with Crippen LogP contribution in [-0.4, -0.2) is 64.9 Å². The number of anilines is 1. The van der Waals surface area contributed by atoms with Crippen molar-refractivity contribution in [1.82, 2.24) is 19.5 Å². The fourth-order valence-corrected chi connectivity index (χ4v) is 3.27. The van der Waals surface area contributed by atoms with Crippen molar-refractivity contribution in [2.24, 2.45) is 0 Å². The van der Waals surface area contributed by atoms with Gasteiger partial charge in [-0.25, -0.2) is 4.98 Å². The molecule has 11 heteroatoms. The van der Waals surface area contributed by atoms with Gasteiger partial charge in [0.05, 0.1) is 12.9 Å². The highest BCUT2D eigenvalue weighted by Gasteiger charge is 2.44. The molecule has 1 saturated heterocycles. The highest BCUT2D eigenvalue weighted by atomic mass is 35.5. The summed E-state index contributed by atoms with van der Waals surface area (Å²) in [6.07, 6.45) is -3.00. The topological polar surface area (TPSA) is 146 Å². The molecular weight excluding hydrogens is 390 g/mol. The van der Waals surface area contributed by atoms with Gasteiger partial charge in [0.2, 0.25) is 5.28 Å². The molecule has 0 aliphatic carbocycles. The van der Waals surface area contributed by atoms with Crippen LogP contribution in [0.4, 0.5) is 5.82 Å². The molecule has 3 heterocycles. The molecule has 5 N–H and O–H groups in total. The lowest BCUT2D eigenvalue weighted by Gasteiger charge is -2.16. The van der Waals surface area contributed by atoms with E-state index < -0.39 is 31.1 Å². The molecule has 1 fully saturated rings. The number of nitrogens with one attached hydrogen (secondary N) is 1. The summed E-state index contributed by atoms with van der Waals surface area (Å²) in [6.45, 7) is -0.0278. The number of rotatable bonds is 5. The molecule has 1 aliphatic rings. The molecule has 0 amide bonds. The van der Waals surface area contributed by atoms with Gasteiger partial charge in [-0.1, -0.05) is 12.1 Å². The Bertz CT molecular complexity index is 982. The van der Waals surface area contributed by atoms with E-state index in [4.69, 9.17) is 16.3 Å². The molecule has 0 bridgehead atoms. The number of hydrogen-bond donors (Lipinski definition) is 5. The average molecular weight is 408 g/mol. The van der Waals surface area contributed by atoms with Crippen LogP contribution in [0.5, 0.6) is 5.75 Å². The number of benzene rings is 1. The summed E-state index contributed by atoms with van der Waals surface area (Å²) in [5, 5.41) is 42.0. The van der Waals surface area contributed by atoms with Gasteiger partial charge >= 0.3 is 0 Å². The molecule has 28 heavy (non-hydrogen) atoms. The number of phenolic OH excluding ortho intramolecular Hbond substituents is 1. The quantitative estimate of drug-likeness (QED) is 0.379. The molecule has 0 radical (unpaired) electrons. The largest absolute Gasteiger partial charge is 0.508 e. The first-order valence-electron chi connectivity index (χ1n) is 8.52. The zero-order valence-electron chi connectivity index (χ0n) is 14.5. The highest BCUT2D eigenvalue weighted by molar-refractivity contribution is 6.28. The smallest absolute Gasteiger partial charge is 0.226 e. The predicted octanol–water partition coefficient (Wildman–Crippen LogP) is 0.409. The van der Waals surface area contributed by atoms with E-state index in [-0.39, 0.29) is 11.0 Å². The summed E-state index contributed by atoms with van der Waals surface area (Å²) < 4.78 is 6.98. The molecule has 0 spiro atoms. The molecule has 1 aliphatic heterocycles. The monoisotopic (exact) mass is 407 g/mol. The number of phenols is 1. The predicted molar refractivity (Wildman–Crippen MR) is 98.8 cm³/mol. The van der Waals surface area contributed by atoms with Crippen molar-refractivity contribution in [1.29, 1.82) is 0 Å². The van der Waals surface area contributed by atoms with Gasteiger partial charge in [0.25, 0.3) is 0 Å². The first-order chi connectivity index (χ1) is 13.5. The van der Waals surface area contributed by atoms with E-state index in [1.165, 1.54) is 10.9 Å². The minimum absolute atomic E-state index is 0.0331. The molecule has 0 unspecified atom stereocenters. The van der Waals surface area contributed by atoms with Gasteiger partial charge in [0.15, 0.2) is 23.2 Å². The number of aliphatic hydroxyl groups is 3. The Kier molecular flexibility index (Phi) is 5.04. The SMILES string of the molecule is OC[C@H]1O[C@@H](n2cnc3c(NCc4ccc(O)cc4)nc(Cl)nc32)[C@H](O)[C@@H]1O. The van der Waals surface area contributed by atoms with E-state index in [1.54, 1.807) is 24.3 Å². The molecule has 3 aromatic rings. The van der Waals surface area contributed by atoms with Crippen LogP contribution in [0.15, 0.2) is 30.6 Å². The lowest BCUT2D eigenvalue weighted by Crippen LogP contribution is -2.33. The van der Waals surface area contributed by atoms with Crippen molar-refractivity contribution in [3.63, 3.8) is 0 Å². The van der Waals surface area contributed by atoms with E-state index in [0.29, 0.717) is 23.5 Å². The van der Waals surface area contributed by atoms with Crippen LogP contribution in [0.2, 0.25) is 5.28 Å². The third kappa shape index (κ3) is 3.36. The van der Waals surface area contributed by atoms with Crippen molar-refractivity contribution in [2.45, 2.75) is 31.1 Å². The highest BCUT2D eigenvalue weighted by Crippen LogP contribution is 2.32. The molecule has 4 rings (SSSR count). The summed E-state index contributed by atoms with van der Waals surface area (Å²) in [6, 6.07) is 6.69. The lowest BCUT2D eigenvalue weighted by molar-refractivity contribution is -0.0511. The first kappa shape index (κ1) is 18.8. The second-order valence-electron chi connectivity index (χ2n) is 6.41. The summed E-state index contributed by atoms with van der Waals surface area (Å²) in [5.41, 5.74) is 1.62. The van der Waals surface area contributed by atoms with E-state index >= 15 is 0 Å². The van der Waals surface area contributed by atoms with Crippen LogP contribution in [0.3, 0.4) is 0 Å². The molecule has 10 nitrogen and oxygen atoms in total.